The van der Waals surface area contributed by atoms with Gasteiger partial charge in [-0.25, -0.2) is 0 Å². The average molecular weight is 206 g/mol. The van der Waals surface area contributed by atoms with Gasteiger partial charge in [0.1, 0.15) is 0 Å². The molecular weight excluding hydrogens is 200 g/mol. The normalized spacial score (nSPS) is 0. The summed E-state index contributed by atoms with van der Waals surface area (Å²) in [6.45, 7) is 0. The van der Waals surface area contributed by atoms with Crippen molar-refractivity contribution in [3.05, 3.63) is 0 Å². The molecule has 4 heteroatoms. The summed E-state index contributed by atoms with van der Waals surface area (Å²) in [5.41, 5.74) is 0. The van der Waals surface area contributed by atoms with Crippen LogP contribution < -0.4 is 0 Å². The zero-order valence-corrected chi connectivity index (χ0v) is 8.09. The van der Waals surface area contributed by atoms with Crippen molar-refractivity contribution in [1.82, 2.24) is 0 Å². The van der Waals surface area contributed by atoms with Gasteiger partial charge in [0, 0.05) is 0 Å². The molecule has 24 valence electrons. The fourth-order valence-corrected chi connectivity index (χ4v) is 0. The van der Waals surface area contributed by atoms with Gasteiger partial charge in [-0.05, 0) is 0 Å². The van der Waals surface area contributed by atoms with Crippen molar-refractivity contribution in [2.24, 2.45) is 0 Å². The first-order chi connectivity index (χ1) is 0. The molecule has 0 unspecified atom stereocenters. The van der Waals surface area contributed by atoms with Gasteiger partial charge in [0.2, 0.25) is 0 Å². The Morgan fingerprint density at radius 3 is 1.00 bits per heavy atom. The number of rotatable bonds is 0. The van der Waals surface area contributed by atoms with E-state index < -0.39 is 0 Å². The van der Waals surface area contributed by atoms with Crippen molar-refractivity contribution >= 4 is 71.9 Å². The van der Waals surface area contributed by atoms with Gasteiger partial charge in [0.25, 0.3) is 0 Å². The summed E-state index contributed by atoms with van der Waals surface area (Å²) in [7, 11) is 0. The Kier molecular flexibility index (Phi) is 164. The SMILES string of the molecule is F.F.[Ba+2].[H-].[H-].[H-].[H-].[Mg+2]. The minimum atomic E-state index is 0. The molecule has 0 N–H and O–H groups in total. The fraction of sp³-hybridized carbons (Fsp3) is 0. The molecule has 0 aromatic rings. The van der Waals surface area contributed by atoms with Crippen LogP contribution in [-0.2, 0) is 0 Å². The zero-order valence-electron chi connectivity index (χ0n) is 6.23. The summed E-state index contributed by atoms with van der Waals surface area (Å²) in [6.07, 6.45) is 0. The van der Waals surface area contributed by atoms with E-state index in [1.54, 1.807) is 0 Å². The third-order valence-corrected chi connectivity index (χ3v) is 0. The van der Waals surface area contributed by atoms with Crippen LogP contribution in [0.15, 0.2) is 0 Å². The molecule has 0 spiro atoms. The number of halogens is 2. The topological polar surface area (TPSA) is 0 Å². The van der Waals surface area contributed by atoms with Gasteiger partial charge in [-0.1, -0.05) is 0 Å². The third kappa shape index (κ3) is 8.89. The van der Waals surface area contributed by atoms with E-state index in [1.807, 2.05) is 0 Å². The summed E-state index contributed by atoms with van der Waals surface area (Å²) in [5, 5.41) is 0. The van der Waals surface area contributed by atoms with E-state index in [2.05, 4.69) is 0 Å². The minimum Gasteiger partial charge on any atom is -1.00 e. The standard InChI is InChI=1S/Ba.2FH.Mg.4H/h;2*1H;;;;;/q+2;;;+2;4*-1. The third-order valence-electron chi connectivity index (χ3n) is 0. The van der Waals surface area contributed by atoms with Crippen molar-refractivity contribution in [3.63, 3.8) is 0 Å². The van der Waals surface area contributed by atoms with Crippen molar-refractivity contribution in [3.8, 4) is 0 Å². The number of hydrogen-bond acceptors (Lipinski definition) is 0. The van der Waals surface area contributed by atoms with Crippen LogP contribution in [-0.4, -0.2) is 71.9 Å². The molecule has 0 atom stereocenters. The first-order valence-electron chi connectivity index (χ1n) is 0. The van der Waals surface area contributed by atoms with Crippen LogP contribution in [0.4, 0.5) is 9.41 Å². The minimum absolute atomic E-state index is 0. The fourth-order valence-electron chi connectivity index (χ4n) is 0. The molecule has 0 bridgehead atoms. The number of hydrogen-bond donors (Lipinski definition) is 0. The molecule has 4 heavy (non-hydrogen) atoms. The van der Waals surface area contributed by atoms with E-state index in [-0.39, 0.29) is 87.0 Å². The molecule has 0 aliphatic heterocycles. The van der Waals surface area contributed by atoms with Crippen LogP contribution in [0.5, 0.6) is 0 Å². The first-order valence-corrected chi connectivity index (χ1v) is 0. The summed E-state index contributed by atoms with van der Waals surface area (Å²) in [4.78, 5) is 0. The van der Waals surface area contributed by atoms with Gasteiger partial charge in [-0.3, -0.25) is 9.41 Å². The van der Waals surface area contributed by atoms with Crippen LogP contribution in [0.3, 0.4) is 0 Å². The van der Waals surface area contributed by atoms with E-state index in [4.69, 9.17) is 0 Å². The van der Waals surface area contributed by atoms with Gasteiger partial charge < -0.3 is 5.71 Å². The van der Waals surface area contributed by atoms with Crippen LogP contribution in [0.1, 0.15) is 5.71 Å². The molecule has 0 aliphatic carbocycles. The molecule has 0 heterocycles. The Balaban J connectivity index is 0. The molecule has 0 aromatic heterocycles. The Labute approximate surface area is 85.6 Å². The molecule has 0 saturated carbocycles. The van der Waals surface area contributed by atoms with E-state index in [0.29, 0.717) is 0 Å². The van der Waals surface area contributed by atoms with Crippen LogP contribution in [0.25, 0.3) is 0 Å². The molecule has 0 nitrogen and oxygen atoms in total. The van der Waals surface area contributed by atoms with E-state index in [1.165, 1.54) is 0 Å². The quantitative estimate of drug-likeness (QED) is 0.489. The van der Waals surface area contributed by atoms with Gasteiger partial charge in [-0.15, -0.1) is 0 Å². The van der Waals surface area contributed by atoms with Crippen molar-refractivity contribution < 1.29 is 15.1 Å². The monoisotopic (exact) mass is 206 g/mol. The Morgan fingerprint density at radius 2 is 1.00 bits per heavy atom. The van der Waals surface area contributed by atoms with Gasteiger partial charge in [0.15, 0.2) is 0 Å². The Morgan fingerprint density at radius 1 is 1.00 bits per heavy atom. The maximum Gasteiger partial charge on any atom is 2.00 e. The predicted molar refractivity (Wildman–Crippen MR) is 21.0 cm³/mol. The molecule has 0 aliphatic rings. The first kappa shape index (κ1) is 34.7. The van der Waals surface area contributed by atoms with Crippen molar-refractivity contribution in [2.45, 2.75) is 0 Å². The molecule has 0 fully saturated rings. The second-order valence-electron chi connectivity index (χ2n) is 0. The molecule has 0 aromatic carbocycles. The summed E-state index contributed by atoms with van der Waals surface area (Å²) < 4.78 is 0. The smallest absolute Gasteiger partial charge is 1.00 e. The second-order valence-corrected chi connectivity index (χ2v) is 0. The van der Waals surface area contributed by atoms with Crippen LogP contribution >= 0.6 is 0 Å². The molecule has 0 radical (unpaired) electrons. The average Bonchev–Trinajstić information content (AvgIpc) is 0. The largest absolute Gasteiger partial charge is 2.00 e. The predicted octanol–water partition coefficient (Wildman–Crippen LogP) is -0.00660. The van der Waals surface area contributed by atoms with Crippen molar-refractivity contribution in [2.75, 3.05) is 0 Å². The second kappa shape index (κ2) is 19.0. The maximum atomic E-state index is 0. The van der Waals surface area contributed by atoms with E-state index >= 15 is 0 Å². The molecule has 0 rings (SSSR count). The van der Waals surface area contributed by atoms with Crippen LogP contribution in [0, 0.1) is 0 Å². The zero-order chi connectivity index (χ0) is 0. The summed E-state index contributed by atoms with van der Waals surface area (Å²) >= 11 is 0. The Bertz CT molecular complexity index is 14.0. The summed E-state index contributed by atoms with van der Waals surface area (Å²) in [6, 6.07) is 0. The van der Waals surface area contributed by atoms with E-state index in [9.17, 15) is 0 Å². The van der Waals surface area contributed by atoms with Crippen LogP contribution in [0.2, 0.25) is 0 Å². The molecular formula is H6BaF2Mg. The van der Waals surface area contributed by atoms with Gasteiger partial charge >= 0.3 is 71.9 Å². The molecule has 0 saturated heterocycles. The van der Waals surface area contributed by atoms with Gasteiger partial charge in [0.05, 0.1) is 0 Å². The van der Waals surface area contributed by atoms with Gasteiger partial charge in [-0.2, -0.15) is 0 Å². The van der Waals surface area contributed by atoms with Crippen molar-refractivity contribution in [1.29, 1.82) is 0 Å². The Hall–Kier alpha value is 2.20. The summed E-state index contributed by atoms with van der Waals surface area (Å²) in [5.74, 6) is 0. The maximum absolute atomic E-state index is 0. The molecule has 0 amide bonds. The van der Waals surface area contributed by atoms with E-state index in [0.717, 1.165) is 0 Å².